The van der Waals surface area contributed by atoms with Crippen LogP contribution in [-0.4, -0.2) is 55.6 Å². The van der Waals surface area contributed by atoms with Crippen LogP contribution in [0.1, 0.15) is 47.0 Å². The average molecular weight is 302 g/mol. The molecule has 2 aliphatic rings. The van der Waals surface area contributed by atoms with Crippen LogP contribution in [0.4, 0.5) is 0 Å². The summed E-state index contributed by atoms with van der Waals surface area (Å²) in [4.78, 5) is 2.44. The van der Waals surface area contributed by atoms with Gasteiger partial charge in [-0.25, -0.2) is 8.42 Å². The third-order valence-electron chi connectivity index (χ3n) is 4.83. The predicted octanol–water partition coefficient (Wildman–Crippen LogP) is 2.17. The van der Waals surface area contributed by atoms with Gasteiger partial charge in [0.2, 0.25) is 10.0 Å². The molecule has 0 aromatic rings. The van der Waals surface area contributed by atoms with Crippen molar-refractivity contribution in [2.75, 3.05) is 32.7 Å². The Morgan fingerprint density at radius 3 is 2.05 bits per heavy atom. The number of hydrogen-bond acceptors (Lipinski definition) is 3. The third-order valence-corrected chi connectivity index (χ3v) is 7.23. The normalized spacial score (nSPS) is 24.8. The summed E-state index contributed by atoms with van der Waals surface area (Å²) in [7, 11) is -2.97. The molecule has 0 aromatic carbocycles. The zero-order valence-electron chi connectivity index (χ0n) is 13.4. The third kappa shape index (κ3) is 3.74. The van der Waals surface area contributed by atoms with Crippen LogP contribution >= 0.6 is 0 Å². The van der Waals surface area contributed by atoms with E-state index in [9.17, 15) is 8.42 Å². The molecule has 0 bridgehead atoms. The molecule has 5 heteroatoms. The van der Waals surface area contributed by atoms with Gasteiger partial charge in [0, 0.05) is 32.7 Å². The van der Waals surface area contributed by atoms with E-state index in [1.54, 1.807) is 4.31 Å². The molecular weight excluding hydrogens is 272 g/mol. The summed E-state index contributed by atoms with van der Waals surface area (Å²) in [5.74, 6) is 0.675. The quantitative estimate of drug-likeness (QED) is 0.781. The first-order valence-corrected chi connectivity index (χ1v) is 9.46. The summed E-state index contributed by atoms with van der Waals surface area (Å²) in [5, 5.41) is -0.0629. The Morgan fingerprint density at radius 1 is 1.10 bits per heavy atom. The smallest absolute Gasteiger partial charge is 0.217 e. The van der Waals surface area contributed by atoms with Crippen molar-refractivity contribution in [3.63, 3.8) is 0 Å². The number of piperazine rings is 1. The van der Waals surface area contributed by atoms with Crippen LogP contribution in [0.15, 0.2) is 0 Å². The zero-order valence-corrected chi connectivity index (χ0v) is 14.2. The Balaban J connectivity index is 1.85. The highest BCUT2D eigenvalue weighted by Gasteiger charge is 2.41. The number of rotatable bonds is 5. The molecule has 0 N–H and O–H groups in total. The molecule has 0 amide bonds. The molecule has 20 heavy (non-hydrogen) atoms. The maximum Gasteiger partial charge on any atom is 0.217 e. The van der Waals surface area contributed by atoms with Gasteiger partial charge in [-0.2, -0.15) is 4.31 Å². The fourth-order valence-corrected chi connectivity index (χ4v) is 4.90. The molecular formula is C15H30N2O2S. The van der Waals surface area contributed by atoms with E-state index in [-0.39, 0.29) is 5.25 Å². The SMILES string of the molecule is CC[C@@H](CN1CCN(S(=O)(=O)C2CC2)CC1)C(C)(C)C. The molecule has 0 unspecified atom stereocenters. The number of hydrogen-bond donors (Lipinski definition) is 0. The standard InChI is InChI=1S/C15H30N2O2S/c1-5-13(15(2,3)4)12-16-8-10-17(11-9-16)20(18,19)14-6-7-14/h13-14H,5-12H2,1-4H3/t13-/m0/s1. The maximum atomic E-state index is 12.2. The van der Waals surface area contributed by atoms with Gasteiger partial charge in [0.25, 0.3) is 0 Å². The number of nitrogens with zero attached hydrogens (tertiary/aromatic N) is 2. The molecule has 1 atom stereocenters. The molecule has 2 rings (SSSR count). The molecule has 1 heterocycles. The van der Waals surface area contributed by atoms with E-state index >= 15 is 0 Å². The van der Waals surface area contributed by atoms with E-state index < -0.39 is 10.0 Å². The summed E-state index contributed by atoms with van der Waals surface area (Å²) >= 11 is 0. The lowest BCUT2D eigenvalue weighted by atomic mass is 9.79. The average Bonchev–Trinajstić information content (AvgIpc) is 3.19. The lowest BCUT2D eigenvalue weighted by Gasteiger charge is -2.39. The topological polar surface area (TPSA) is 40.6 Å². The molecule has 4 nitrogen and oxygen atoms in total. The molecule has 118 valence electrons. The fraction of sp³-hybridized carbons (Fsp3) is 1.00. The minimum Gasteiger partial charge on any atom is -0.300 e. The molecule has 0 radical (unpaired) electrons. The highest BCUT2D eigenvalue weighted by atomic mass is 32.2. The first-order chi connectivity index (χ1) is 9.25. The van der Waals surface area contributed by atoms with Crippen LogP contribution in [0.2, 0.25) is 0 Å². The van der Waals surface area contributed by atoms with Gasteiger partial charge in [0.05, 0.1) is 5.25 Å². The summed E-state index contributed by atoms with van der Waals surface area (Å²) < 4.78 is 26.1. The van der Waals surface area contributed by atoms with Crippen molar-refractivity contribution in [1.29, 1.82) is 0 Å². The van der Waals surface area contributed by atoms with E-state index in [0.29, 0.717) is 24.4 Å². The van der Waals surface area contributed by atoms with Crippen molar-refractivity contribution < 1.29 is 8.42 Å². The van der Waals surface area contributed by atoms with E-state index in [1.807, 2.05) is 0 Å². The molecule has 1 saturated carbocycles. The minimum absolute atomic E-state index is 0.0629. The number of sulfonamides is 1. The van der Waals surface area contributed by atoms with Gasteiger partial charge in [-0.3, -0.25) is 0 Å². The van der Waals surface area contributed by atoms with Gasteiger partial charge >= 0.3 is 0 Å². The van der Waals surface area contributed by atoms with Gasteiger partial charge in [-0.1, -0.05) is 34.1 Å². The largest absolute Gasteiger partial charge is 0.300 e. The Bertz CT molecular complexity index is 416. The lowest BCUT2D eigenvalue weighted by Crippen LogP contribution is -2.51. The van der Waals surface area contributed by atoms with Crippen LogP contribution in [-0.2, 0) is 10.0 Å². The predicted molar refractivity (Wildman–Crippen MR) is 83.2 cm³/mol. The fourth-order valence-electron chi connectivity index (χ4n) is 3.07. The van der Waals surface area contributed by atoms with Crippen LogP contribution < -0.4 is 0 Å². The Morgan fingerprint density at radius 2 is 1.65 bits per heavy atom. The second-order valence-electron chi connectivity index (χ2n) is 7.42. The highest BCUT2D eigenvalue weighted by molar-refractivity contribution is 7.90. The summed E-state index contributed by atoms with van der Waals surface area (Å²) in [6, 6.07) is 0. The van der Waals surface area contributed by atoms with Gasteiger partial charge in [-0.05, 0) is 24.2 Å². The van der Waals surface area contributed by atoms with Crippen LogP contribution in [0.5, 0.6) is 0 Å². The maximum absolute atomic E-state index is 12.2. The summed E-state index contributed by atoms with van der Waals surface area (Å²) in [6.45, 7) is 13.4. The van der Waals surface area contributed by atoms with Crippen LogP contribution in [0.3, 0.4) is 0 Å². The van der Waals surface area contributed by atoms with Crippen molar-refractivity contribution in [1.82, 2.24) is 9.21 Å². The highest BCUT2D eigenvalue weighted by Crippen LogP contribution is 2.32. The van der Waals surface area contributed by atoms with Crippen molar-refractivity contribution in [2.45, 2.75) is 52.2 Å². The van der Waals surface area contributed by atoms with Crippen LogP contribution in [0.25, 0.3) is 0 Å². The Labute approximate surface area is 124 Å². The summed E-state index contributed by atoms with van der Waals surface area (Å²) in [5.41, 5.74) is 0.325. The monoisotopic (exact) mass is 302 g/mol. The van der Waals surface area contributed by atoms with Crippen molar-refractivity contribution in [3.8, 4) is 0 Å². The van der Waals surface area contributed by atoms with E-state index in [4.69, 9.17) is 0 Å². The van der Waals surface area contributed by atoms with Crippen LogP contribution in [0, 0.1) is 11.3 Å². The molecule has 0 spiro atoms. The molecule has 1 aliphatic carbocycles. The van der Waals surface area contributed by atoms with E-state index in [1.165, 1.54) is 6.42 Å². The minimum atomic E-state index is -2.97. The van der Waals surface area contributed by atoms with Gasteiger partial charge in [-0.15, -0.1) is 0 Å². The van der Waals surface area contributed by atoms with Gasteiger partial charge in [0.1, 0.15) is 0 Å². The Hall–Kier alpha value is -0.130. The van der Waals surface area contributed by atoms with Crippen molar-refractivity contribution >= 4 is 10.0 Å². The Kier molecular flexibility index (Phi) is 4.82. The second kappa shape index (κ2) is 5.93. The van der Waals surface area contributed by atoms with Gasteiger partial charge < -0.3 is 4.90 Å². The van der Waals surface area contributed by atoms with Crippen molar-refractivity contribution in [2.24, 2.45) is 11.3 Å². The second-order valence-corrected chi connectivity index (χ2v) is 9.63. The summed E-state index contributed by atoms with van der Waals surface area (Å²) in [6.07, 6.45) is 2.92. The van der Waals surface area contributed by atoms with E-state index in [2.05, 4.69) is 32.6 Å². The molecule has 0 aromatic heterocycles. The van der Waals surface area contributed by atoms with Crippen molar-refractivity contribution in [3.05, 3.63) is 0 Å². The molecule has 1 aliphatic heterocycles. The van der Waals surface area contributed by atoms with Gasteiger partial charge in [0.15, 0.2) is 0 Å². The zero-order chi connectivity index (χ0) is 15.0. The molecule has 2 fully saturated rings. The first-order valence-electron chi connectivity index (χ1n) is 7.96. The molecule has 1 saturated heterocycles. The van der Waals surface area contributed by atoms with E-state index in [0.717, 1.165) is 32.5 Å². The first kappa shape index (κ1) is 16.2. The lowest BCUT2D eigenvalue weighted by molar-refractivity contribution is 0.114.